The van der Waals surface area contributed by atoms with Gasteiger partial charge in [-0.2, -0.15) is 19.6 Å². The van der Waals surface area contributed by atoms with Gasteiger partial charge >= 0.3 is 5.69 Å². The standard InChI is InChI=1S/C17H14ClN9O2/c18-9-1-4-12(19-7-9)23-15-24-13-8(5-11-14(28)25-17(29)22-11)6-20-27(13)16(26-15)21-10-2-3-10/h1,4-7,10,28H,2-3H2,(H2,22,25,29)(H,19,21,23,26). The highest BCUT2D eigenvalue weighted by Crippen LogP contribution is 2.22. The molecule has 146 valence electrons. The van der Waals surface area contributed by atoms with E-state index in [0.29, 0.717) is 27.3 Å². The monoisotopic (exact) mass is 411 g/mol. The van der Waals surface area contributed by atoms with E-state index in [9.17, 15) is 9.90 Å². The molecule has 0 spiro atoms. The third-order valence-corrected chi connectivity index (χ3v) is 4.45. The molecule has 5 rings (SSSR count). The molecule has 29 heavy (non-hydrogen) atoms. The number of halogens is 1. The molecule has 1 aliphatic rings. The van der Waals surface area contributed by atoms with E-state index in [1.807, 2.05) is 0 Å². The number of aromatic hydroxyl groups is 1. The largest absolute Gasteiger partial charge is 0.493 e. The number of hydrogen-bond donors (Lipinski definition) is 4. The van der Waals surface area contributed by atoms with E-state index in [4.69, 9.17) is 11.6 Å². The van der Waals surface area contributed by atoms with Crippen LogP contribution in [0.25, 0.3) is 11.7 Å². The predicted molar refractivity (Wildman–Crippen MR) is 104 cm³/mol. The number of imidazole rings is 1. The fourth-order valence-electron chi connectivity index (χ4n) is 2.70. The first-order valence-electron chi connectivity index (χ1n) is 8.76. The summed E-state index contributed by atoms with van der Waals surface area (Å²) < 4.78 is 1.52. The zero-order valence-electron chi connectivity index (χ0n) is 14.8. The third kappa shape index (κ3) is 3.55. The lowest BCUT2D eigenvalue weighted by molar-refractivity contribution is 0.454. The highest BCUT2D eigenvalue weighted by Gasteiger charge is 2.21. The number of aromatic nitrogens is 7. The van der Waals surface area contributed by atoms with Crippen molar-refractivity contribution in [3.05, 3.63) is 56.6 Å². The van der Waals surface area contributed by atoms with Crippen molar-refractivity contribution in [1.29, 1.82) is 0 Å². The van der Waals surface area contributed by atoms with Crippen LogP contribution in [0.15, 0.2) is 34.3 Å². The lowest BCUT2D eigenvalue weighted by atomic mass is 10.3. The van der Waals surface area contributed by atoms with Crippen LogP contribution in [-0.2, 0) is 0 Å². The molecular formula is C17H14ClN9O2. The molecular weight excluding hydrogens is 398 g/mol. The van der Waals surface area contributed by atoms with Crippen LogP contribution in [0.2, 0.25) is 5.02 Å². The van der Waals surface area contributed by atoms with Gasteiger partial charge in [-0.05, 0) is 31.1 Å². The molecule has 1 aliphatic carbocycles. The van der Waals surface area contributed by atoms with Crippen molar-refractivity contribution in [3.8, 4) is 5.88 Å². The highest BCUT2D eigenvalue weighted by atomic mass is 35.5. The third-order valence-electron chi connectivity index (χ3n) is 4.23. The van der Waals surface area contributed by atoms with E-state index in [1.54, 1.807) is 24.4 Å². The Balaban J connectivity index is 1.67. The zero-order chi connectivity index (χ0) is 20.0. The molecule has 4 aromatic heterocycles. The van der Waals surface area contributed by atoms with Crippen LogP contribution in [0.1, 0.15) is 18.5 Å². The maximum absolute atomic E-state index is 11.4. The van der Waals surface area contributed by atoms with Crippen LogP contribution in [0.3, 0.4) is 0 Å². The van der Waals surface area contributed by atoms with E-state index in [1.165, 1.54) is 10.7 Å². The number of H-pyrrole nitrogens is 2. The normalized spacial score (nSPS) is 15.3. The van der Waals surface area contributed by atoms with Gasteiger partial charge in [0.2, 0.25) is 11.8 Å². The Kier molecular flexibility index (Phi) is 4.02. The fourth-order valence-corrected chi connectivity index (χ4v) is 2.81. The second-order valence-corrected chi connectivity index (χ2v) is 6.95. The lowest BCUT2D eigenvalue weighted by Gasteiger charge is -2.04. The minimum Gasteiger partial charge on any atom is -0.493 e. The van der Waals surface area contributed by atoms with E-state index >= 15 is 0 Å². The van der Waals surface area contributed by atoms with Crippen LogP contribution in [0.5, 0.6) is 5.88 Å². The van der Waals surface area contributed by atoms with Crippen molar-refractivity contribution in [3.63, 3.8) is 0 Å². The topological polar surface area (TPSA) is 149 Å². The Bertz CT molecular complexity index is 1380. The van der Waals surface area contributed by atoms with Gasteiger partial charge in [0.25, 0.3) is 5.62 Å². The van der Waals surface area contributed by atoms with Crippen LogP contribution < -0.4 is 21.8 Å². The summed E-state index contributed by atoms with van der Waals surface area (Å²) in [6.07, 6.45) is 6.65. The van der Waals surface area contributed by atoms with Crippen LogP contribution in [0.4, 0.5) is 11.8 Å². The summed E-state index contributed by atoms with van der Waals surface area (Å²) in [5.74, 6) is 0.539. The number of pyridine rings is 1. The van der Waals surface area contributed by atoms with Crippen LogP contribution in [0, 0.1) is 0 Å². The quantitative estimate of drug-likeness (QED) is 0.376. The number of rotatable bonds is 4. The molecule has 0 atom stereocenters. The lowest BCUT2D eigenvalue weighted by Crippen LogP contribution is -2.24. The first-order chi connectivity index (χ1) is 14.0. The molecule has 0 radical (unpaired) electrons. The fraction of sp³-hybridized carbons (Fsp3) is 0.176. The summed E-state index contributed by atoms with van der Waals surface area (Å²) in [4.78, 5) is 33.9. The average Bonchev–Trinajstić information content (AvgIpc) is 3.33. The number of hydrogen-bond acceptors (Lipinski definition) is 8. The van der Waals surface area contributed by atoms with E-state index in [2.05, 4.69) is 40.3 Å². The van der Waals surface area contributed by atoms with Gasteiger partial charge in [-0.15, -0.1) is 0 Å². The van der Waals surface area contributed by atoms with Crippen LogP contribution >= 0.6 is 11.6 Å². The molecule has 0 amide bonds. The van der Waals surface area contributed by atoms with Gasteiger partial charge in [0.05, 0.1) is 17.3 Å². The summed E-state index contributed by atoms with van der Waals surface area (Å²) in [5, 5.41) is 18.3. The maximum Gasteiger partial charge on any atom is 0.326 e. The number of aromatic amines is 2. The maximum atomic E-state index is 11.4. The second-order valence-electron chi connectivity index (χ2n) is 6.52. The SMILES string of the molecule is O=c1[nH]c(O)c(C=c2cnn3c(=NC4CC4)nc(Nc4ccc(Cl)cn4)nc23)[nH]1. The van der Waals surface area contributed by atoms with Gasteiger partial charge < -0.3 is 15.4 Å². The van der Waals surface area contributed by atoms with Gasteiger partial charge in [-0.1, -0.05) is 11.6 Å². The van der Waals surface area contributed by atoms with Gasteiger partial charge in [-0.3, -0.25) is 4.98 Å². The van der Waals surface area contributed by atoms with Crippen molar-refractivity contribution in [2.75, 3.05) is 5.32 Å². The van der Waals surface area contributed by atoms with Crippen LogP contribution in [-0.4, -0.2) is 45.7 Å². The molecule has 0 bridgehead atoms. The summed E-state index contributed by atoms with van der Waals surface area (Å²) >= 11 is 5.88. The molecule has 4 aromatic rings. The van der Waals surface area contributed by atoms with Crippen molar-refractivity contribution < 1.29 is 5.11 Å². The average molecular weight is 412 g/mol. The Hall–Kier alpha value is -3.73. The van der Waals surface area contributed by atoms with Gasteiger partial charge in [0.15, 0.2) is 5.65 Å². The first kappa shape index (κ1) is 17.4. The Morgan fingerprint density at radius 2 is 2.14 bits per heavy atom. The van der Waals surface area contributed by atoms with Gasteiger partial charge in [0.1, 0.15) is 11.5 Å². The second kappa shape index (κ2) is 6.71. The summed E-state index contributed by atoms with van der Waals surface area (Å²) in [6, 6.07) is 3.63. The summed E-state index contributed by atoms with van der Waals surface area (Å²) in [7, 11) is 0. The number of anilines is 2. The Labute approximate surface area is 166 Å². The first-order valence-corrected chi connectivity index (χ1v) is 9.14. The van der Waals surface area contributed by atoms with Crippen molar-refractivity contribution in [2.45, 2.75) is 18.9 Å². The molecule has 4 heterocycles. The summed E-state index contributed by atoms with van der Waals surface area (Å²) in [6.45, 7) is 0. The molecule has 0 aromatic carbocycles. The minimum absolute atomic E-state index is 0.219. The minimum atomic E-state index is -0.513. The Morgan fingerprint density at radius 1 is 1.28 bits per heavy atom. The molecule has 0 unspecified atom stereocenters. The van der Waals surface area contributed by atoms with E-state index in [-0.39, 0.29) is 23.6 Å². The predicted octanol–water partition coefficient (Wildman–Crippen LogP) is 0.249. The number of fused-ring (bicyclic) bond motifs is 1. The number of nitrogens with one attached hydrogen (secondary N) is 3. The highest BCUT2D eigenvalue weighted by molar-refractivity contribution is 6.30. The van der Waals surface area contributed by atoms with Crippen molar-refractivity contribution >= 4 is 35.1 Å². The molecule has 11 nitrogen and oxygen atoms in total. The molecule has 1 saturated carbocycles. The van der Waals surface area contributed by atoms with Crippen molar-refractivity contribution in [2.24, 2.45) is 4.99 Å². The van der Waals surface area contributed by atoms with Gasteiger partial charge in [-0.25, -0.2) is 14.8 Å². The molecule has 0 aliphatic heterocycles. The molecule has 0 saturated heterocycles. The smallest absolute Gasteiger partial charge is 0.326 e. The van der Waals surface area contributed by atoms with E-state index < -0.39 is 5.69 Å². The van der Waals surface area contributed by atoms with Crippen molar-refractivity contribution in [1.82, 2.24) is 34.5 Å². The number of nitrogens with zero attached hydrogens (tertiary/aromatic N) is 6. The molecule has 1 fully saturated rings. The van der Waals surface area contributed by atoms with E-state index in [0.717, 1.165) is 12.8 Å². The van der Waals surface area contributed by atoms with Gasteiger partial charge in [0, 0.05) is 11.4 Å². The summed E-state index contributed by atoms with van der Waals surface area (Å²) in [5.41, 5.74) is 0.566. The molecule has 12 heteroatoms. The molecule has 4 N–H and O–H groups in total. The Morgan fingerprint density at radius 3 is 2.83 bits per heavy atom. The zero-order valence-corrected chi connectivity index (χ0v) is 15.6.